The first-order valence-corrected chi connectivity index (χ1v) is 6.56. The summed E-state index contributed by atoms with van der Waals surface area (Å²) < 4.78 is 5.40. The van der Waals surface area contributed by atoms with Crippen molar-refractivity contribution in [3.63, 3.8) is 0 Å². The van der Waals surface area contributed by atoms with Crippen LogP contribution in [0.15, 0.2) is 0 Å². The van der Waals surface area contributed by atoms with E-state index in [4.69, 9.17) is 4.74 Å². The number of fused-ring (bicyclic) bond motifs is 1. The molecule has 2 saturated carbocycles. The lowest BCUT2D eigenvalue weighted by Crippen LogP contribution is -2.40. The highest BCUT2D eigenvalue weighted by molar-refractivity contribution is 9.09. The van der Waals surface area contributed by atoms with E-state index in [2.05, 4.69) is 15.9 Å². The van der Waals surface area contributed by atoms with Crippen LogP contribution in [0.5, 0.6) is 0 Å². The van der Waals surface area contributed by atoms with Gasteiger partial charge in [-0.05, 0) is 31.1 Å². The molecule has 0 spiro atoms. The van der Waals surface area contributed by atoms with Crippen LogP contribution >= 0.6 is 15.9 Å². The molecule has 15 heavy (non-hydrogen) atoms. The molecule has 0 amide bonds. The maximum absolute atomic E-state index is 11.4. The summed E-state index contributed by atoms with van der Waals surface area (Å²) in [5.74, 6) is 0.732. The van der Waals surface area contributed by atoms with Gasteiger partial charge in [0.2, 0.25) is 0 Å². The predicted octanol–water partition coefficient (Wildman–Crippen LogP) is 1.86. The van der Waals surface area contributed by atoms with Crippen LogP contribution in [0.3, 0.4) is 0 Å². The third-order valence-electron chi connectivity index (χ3n) is 3.56. The second-order valence-corrected chi connectivity index (χ2v) is 5.65. The Morgan fingerprint density at radius 1 is 1.47 bits per heavy atom. The van der Waals surface area contributed by atoms with Gasteiger partial charge in [-0.25, -0.2) is 0 Å². The second kappa shape index (κ2) is 4.42. The number of rotatable bonds is 3. The minimum atomic E-state index is -0.176. The Bertz CT molecular complexity index is 256. The number of hydrogen-bond donors (Lipinski definition) is 1. The maximum atomic E-state index is 11.4. The third-order valence-corrected chi connectivity index (χ3v) is 4.83. The van der Waals surface area contributed by atoms with Crippen molar-refractivity contribution in [3.8, 4) is 0 Å². The van der Waals surface area contributed by atoms with Gasteiger partial charge in [-0.1, -0.05) is 22.9 Å². The van der Waals surface area contributed by atoms with Gasteiger partial charge < -0.3 is 9.84 Å². The number of halogens is 1. The van der Waals surface area contributed by atoms with E-state index in [1.165, 1.54) is 0 Å². The lowest BCUT2D eigenvalue weighted by molar-refractivity contribution is -0.148. The van der Waals surface area contributed by atoms with Crippen molar-refractivity contribution in [1.82, 2.24) is 0 Å². The Kier molecular flexibility index (Phi) is 3.36. The van der Waals surface area contributed by atoms with Crippen molar-refractivity contribution >= 4 is 21.9 Å². The van der Waals surface area contributed by atoms with Crippen LogP contribution < -0.4 is 0 Å². The SMILES string of the molecule is CCCC(=O)O[C@@H]1C[C@H]2[C@H](C[C@H]2O)[C@H]1Br. The molecule has 0 bridgehead atoms. The van der Waals surface area contributed by atoms with Gasteiger partial charge in [-0.2, -0.15) is 0 Å². The molecular formula is C11H17BrO3. The Morgan fingerprint density at radius 3 is 2.73 bits per heavy atom. The van der Waals surface area contributed by atoms with Crippen molar-refractivity contribution in [2.24, 2.45) is 11.8 Å². The maximum Gasteiger partial charge on any atom is 0.306 e. The number of ether oxygens (including phenoxy) is 1. The van der Waals surface area contributed by atoms with Crippen molar-refractivity contribution < 1.29 is 14.6 Å². The van der Waals surface area contributed by atoms with Gasteiger partial charge in [0.15, 0.2) is 0 Å². The molecule has 0 aromatic carbocycles. The van der Waals surface area contributed by atoms with E-state index in [-0.39, 0.29) is 23.0 Å². The van der Waals surface area contributed by atoms with Gasteiger partial charge in [0, 0.05) is 6.42 Å². The van der Waals surface area contributed by atoms with E-state index in [0.717, 1.165) is 19.3 Å². The highest BCUT2D eigenvalue weighted by Crippen LogP contribution is 2.51. The Balaban J connectivity index is 1.86. The van der Waals surface area contributed by atoms with Crippen LogP contribution in [0.2, 0.25) is 0 Å². The van der Waals surface area contributed by atoms with Gasteiger partial charge >= 0.3 is 5.97 Å². The van der Waals surface area contributed by atoms with Gasteiger partial charge in [-0.15, -0.1) is 0 Å². The number of carbonyl (C=O) groups is 1. The number of carbonyl (C=O) groups excluding carboxylic acids is 1. The van der Waals surface area contributed by atoms with Crippen molar-refractivity contribution in [1.29, 1.82) is 0 Å². The summed E-state index contributed by atoms with van der Waals surface area (Å²) in [5.41, 5.74) is 0. The van der Waals surface area contributed by atoms with Crippen LogP contribution in [0, 0.1) is 11.8 Å². The molecule has 0 unspecified atom stereocenters. The molecule has 0 saturated heterocycles. The van der Waals surface area contributed by atoms with E-state index in [1.807, 2.05) is 6.92 Å². The first-order valence-electron chi connectivity index (χ1n) is 5.65. The zero-order valence-electron chi connectivity index (χ0n) is 8.86. The number of hydrogen-bond acceptors (Lipinski definition) is 3. The lowest BCUT2D eigenvalue weighted by atomic mass is 9.74. The fourth-order valence-corrected chi connectivity index (χ4v) is 3.57. The van der Waals surface area contributed by atoms with Crippen LogP contribution in [0.4, 0.5) is 0 Å². The fraction of sp³-hybridized carbons (Fsp3) is 0.909. The molecule has 2 aliphatic carbocycles. The topological polar surface area (TPSA) is 46.5 Å². The summed E-state index contributed by atoms with van der Waals surface area (Å²) >= 11 is 3.58. The Morgan fingerprint density at radius 2 is 2.20 bits per heavy atom. The molecule has 0 heterocycles. The zero-order chi connectivity index (χ0) is 11.0. The minimum Gasteiger partial charge on any atom is -0.461 e. The molecule has 0 radical (unpaired) electrons. The monoisotopic (exact) mass is 276 g/mol. The molecular weight excluding hydrogens is 260 g/mol. The summed E-state index contributed by atoms with van der Waals surface area (Å²) in [4.78, 5) is 11.6. The first-order chi connectivity index (χ1) is 7.13. The van der Waals surface area contributed by atoms with Gasteiger partial charge in [0.1, 0.15) is 6.10 Å². The fourth-order valence-electron chi connectivity index (χ4n) is 2.63. The summed E-state index contributed by atoms with van der Waals surface area (Å²) in [6, 6.07) is 0. The molecule has 4 heteroatoms. The molecule has 0 aromatic heterocycles. The van der Waals surface area contributed by atoms with Gasteiger partial charge in [-0.3, -0.25) is 4.79 Å². The normalized spacial score (nSPS) is 43.3. The van der Waals surface area contributed by atoms with Crippen LogP contribution in [-0.4, -0.2) is 28.1 Å². The molecule has 1 N–H and O–H groups in total. The minimum absolute atomic E-state index is 0.0313. The number of esters is 1. The second-order valence-electron chi connectivity index (χ2n) is 4.59. The average Bonchev–Trinajstić information content (AvgIpc) is 2.42. The van der Waals surface area contributed by atoms with E-state index in [0.29, 0.717) is 18.3 Å². The van der Waals surface area contributed by atoms with Crippen LogP contribution in [0.25, 0.3) is 0 Å². The van der Waals surface area contributed by atoms with Crippen LogP contribution in [0.1, 0.15) is 32.6 Å². The first kappa shape index (κ1) is 11.4. The molecule has 2 fully saturated rings. The largest absolute Gasteiger partial charge is 0.461 e. The standard InChI is InChI=1S/C11H17BrO3/c1-2-3-10(14)15-9-5-6-7(11(9)12)4-8(6)13/h6-9,11,13H,2-5H2,1H3/t6-,7-,8+,9+,11+/m0/s1. The van der Waals surface area contributed by atoms with Gasteiger partial charge in [0.05, 0.1) is 10.9 Å². The molecule has 86 valence electrons. The highest BCUT2D eigenvalue weighted by atomic mass is 79.9. The highest BCUT2D eigenvalue weighted by Gasteiger charge is 2.53. The molecule has 2 rings (SSSR count). The molecule has 0 aromatic rings. The third kappa shape index (κ3) is 2.07. The van der Waals surface area contributed by atoms with E-state index in [9.17, 15) is 9.90 Å². The summed E-state index contributed by atoms with van der Waals surface area (Å²) in [5, 5.41) is 9.53. The van der Waals surface area contributed by atoms with Crippen molar-refractivity contribution in [2.45, 2.75) is 49.6 Å². The number of alkyl halides is 1. The lowest BCUT2D eigenvalue weighted by Gasteiger charge is -2.37. The molecule has 2 aliphatic rings. The summed E-state index contributed by atoms with van der Waals surface area (Å²) in [6.45, 7) is 1.97. The van der Waals surface area contributed by atoms with Crippen molar-refractivity contribution in [3.05, 3.63) is 0 Å². The number of aliphatic hydroxyl groups is 1. The van der Waals surface area contributed by atoms with E-state index in [1.54, 1.807) is 0 Å². The summed E-state index contributed by atoms with van der Waals surface area (Å²) in [7, 11) is 0. The van der Waals surface area contributed by atoms with Crippen molar-refractivity contribution in [2.75, 3.05) is 0 Å². The van der Waals surface area contributed by atoms with E-state index >= 15 is 0 Å². The molecule has 5 atom stereocenters. The Labute approximate surface area is 98.3 Å². The Hall–Kier alpha value is -0.0900. The average molecular weight is 277 g/mol. The van der Waals surface area contributed by atoms with Crippen LogP contribution in [-0.2, 0) is 9.53 Å². The number of aliphatic hydroxyl groups excluding tert-OH is 1. The smallest absolute Gasteiger partial charge is 0.306 e. The zero-order valence-corrected chi connectivity index (χ0v) is 10.4. The molecule has 0 aliphatic heterocycles. The van der Waals surface area contributed by atoms with Gasteiger partial charge in [0.25, 0.3) is 0 Å². The predicted molar refractivity (Wildman–Crippen MR) is 59.7 cm³/mol. The van der Waals surface area contributed by atoms with E-state index < -0.39 is 0 Å². The quantitative estimate of drug-likeness (QED) is 0.632. The summed E-state index contributed by atoms with van der Waals surface area (Å²) in [6.07, 6.45) is 2.78. The molecule has 3 nitrogen and oxygen atoms in total.